The number of carbonyl (C=O) groups is 3. The second-order valence-corrected chi connectivity index (χ2v) is 7.71. The SMILES string of the molecule is CCOC(=O)C1CCN(C(=O)COC(=O)C[C@@H]2C[C@@H]3CC[C@H]2C3)CC1. The zero-order valence-corrected chi connectivity index (χ0v) is 15.1. The highest BCUT2D eigenvalue weighted by Gasteiger charge is 2.40. The maximum absolute atomic E-state index is 12.2. The van der Waals surface area contributed by atoms with Crippen LogP contribution in [0.25, 0.3) is 0 Å². The van der Waals surface area contributed by atoms with E-state index in [2.05, 4.69) is 0 Å². The van der Waals surface area contributed by atoms with Gasteiger partial charge in [0, 0.05) is 19.5 Å². The Hall–Kier alpha value is -1.59. The summed E-state index contributed by atoms with van der Waals surface area (Å²) in [6.07, 6.45) is 6.67. The first-order valence-electron chi connectivity index (χ1n) is 9.66. The molecule has 3 aliphatic rings. The molecule has 3 fully saturated rings. The van der Waals surface area contributed by atoms with Crippen LogP contribution in [0.1, 0.15) is 51.9 Å². The van der Waals surface area contributed by atoms with Crippen molar-refractivity contribution < 1.29 is 23.9 Å². The number of rotatable bonds is 6. The van der Waals surface area contributed by atoms with Gasteiger partial charge in [-0.3, -0.25) is 14.4 Å². The van der Waals surface area contributed by atoms with Gasteiger partial charge >= 0.3 is 11.9 Å². The van der Waals surface area contributed by atoms with Crippen LogP contribution in [0.3, 0.4) is 0 Å². The first-order chi connectivity index (χ1) is 12.1. The number of esters is 2. The van der Waals surface area contributed by atoms with Crippen molar-refractivity contribution in [3.63, 3.8) is 0 Å². The number of hydrogen-bond acceptors (Lipinski definition) is 5. The first kappa shape index (κ1) is 18.2. The largest absolute Gasteiger partial charge is 0.466 e. The van der Waals surface area contributed by atoms with Crippen LogP contribution in [-0.4, -0.2) is 49.0 Å². The lowest BCUT2D eigenvalue weighted by Gasteiger charge is -2.30. The Morgan fingerprint density at radius 2 is 1.76 bits per heavy atom. The number of likely N-dealkylation sites (tertiary alicyclic amines) is 1. The average Bonchev–Trinajstić information content (AvgIpc) is 3.23. The van der Waals surface area contributed by atoms with E-state index < -0.39 is 0 Å². The molecule has 25 heavy (non-hydrogen) atoms. The molecule has 2 saturated carbocycles. The zero-order valence-electron chi connectivity index (χ0n) is 15.1. The molecule has 1 heterocycles. The summed E-state index contributed by atoms with van der Waals surface area (Å²) in [6.45, 7) is 3.04. The predicted molar refractivity (Wildman–Crippen MR) is 90.5 cm³/mol. The van der Waals surface area contributed by atoms with E-state index >= 15 is 0 Å². The zero-order chi connectivity index (χ0) is 17.8. The Balaban J connectivity index is 1.34. The van der Waals surface area contributed by atoms with Crippen molar-refractivity contribution in [3.05, 3.63) is 0 Å². The van der Waals surface area contributed by atoms with E-state index in [4.69, 9.17) is 9.47 Å². The molecule has 3 atom stereocenters. The number of hydrogen-bond donors (Lipinski definition) is 0. The lowest BCUT2D eigenvalue weighted by Crippen LogP contribution is -2.42. The van der Waals surface area contributed by atoms with Crippen LogP contribution in [-0.2, 0) is 23.9 Å². The van der Waals surface area contributed by atoms with Crippen LogP contribution < -0.4 is 0 Å². The molecule has 0 radical (unpaired) electrons. The van der Waals surface area contributed by atoms with Gasteiger partial charge < -0.3 is 14.4 Å². The van der Waals surface area contributed by atoms with Gasteiger partial charge in [-0.25, -0.2) is 0 Å². The fraction of sp³-hybridized carbons (Fsp3) is 0.842. The highest BCUT2D eigenvalue weighted by molar-refractivity contribution is 5.81. The number of nitrogens with zero attached hydrogens (tertiary/aromatic N) is 1. The summed E-state index contributed by atoms with van der Waals surface area (Å²) in [6, 6.07) is 0. The van der Waals surface area contributed by atoms with Gasteiger partial charge in [0.05, 0.1) is 12.5 Å². The molecule has 0 aromatic carbocycles. The number of amides is 1. The van der Waals surface area contributed by atoms with E-state index in [1.165, 1.54) is 19.3 Å². The molecule has 6 nitrogen and oxygen atoms in total. The second-order valence-electron chi connectivity index (χ2n) is 7.71. The van der Waals surface area contributed by atoms with Crippen LogP contribution in [0.15, 0.2) is 0 Å². The maximum Gasteiger partial charge on any atom is 0.309 e. The molecule has 3 rings (SSSR count). The Bertz CT molecular complexity index is 512. The lowest BCUT2D eigenvalue weighted by molar-refractivity contribution is -0.155. The van der Waals surface area contributed by atoms with Crippen molar-refractivity contribution in [3.8, 4) is 0 Å². The molecule has 0 aromatic rings. The van der Waals surface area contributed by atoms with Gasteiger partial charge in [0.25, 0.3) is 5.91 Å². The Morgan fingerprint density at radius 1 is 1.00 bits per heavy atom. The van der Waals surface area contributed by atoms with E-state index in [9.17, 15) is 14.4 Å². The van der Waals surface area contributed by atoms with Crippen LogP contribution >= 0.6 is 0 Å². The third-order valence-corrected chi connectivity index (χ3v) is 6.14. The molecular formula is C19H29NO5. The third kappa shape index (κ3) is 4.53. The third-order valence-electron chi connectivity index (χ3n) is 6.14. The molecule has 6 heteroatoms. The van der Waals surface area contributed by atoms with Crippen molar-refractivity contribution >= 4 is 17.8 Å². The second kappa shape index (κ2) is 8.19. The topological polar surface area (TPSA) is 72.9 Å². The number of carbonyl (C=O) groups excluding carboxylic acids is 3. The molecule has 0 spiro atoms. The Labute approximate surface area is 149 Å². The number of piperidine rings is 1. The van der Waals surface area contributed by atoms with E-state index in [0.29, 0.717) is 50.8 Å². The minimum Gasteiger partial charge on any atom is -0.466 e. The molecule has 0 aromatic heterocycles. The monoisotopic (exact) mass is 351 g/mol. The van der Waals surface area contributed by atoms with Gasteiger partial charge in [0.15, 0.2) is 6.61 Å². The van der Waals surface area contributed by atoms with Gasteiger partial charge in [-0.15, -0.1) is 0 Å². The van der Waals surface area contributed by atoms with Crippen LogP contribution in [0, 0.1) is 23.7 Å². The Kier molecular flexibility index (Phi) is 5.97. The average molecular weight is 351 g/mol. The van der Waals surface area contributed by atoms with Crippen LogP contribution in [0.5, 0.6) is 0 Å². The van der Waals surface area contributed by atoms with E-state index in [1.807, 2.05) is 0 Å². The molecule has 140 valence electrons. The lowest BCUT2D eigenvalue weighted by atomic mass is 9.86. The summed E-state index contributed by atoms with van der Waals surface area (Å²) in [4.78, 5) is 37.6. The molecule has 1 amide bonds. The summed E-state index contributed by atoms with van der Waals surface area (Å²) >= 11 is 0. The molecule has 2 bridgehead atoms. The summed E-state index contributed by atoms with van der Waals surface area (Å²) in [5.41, 5.74) is 0. The standard InChI is InChI=1S/C19H29NO5/c1-2-24-19(23)14-5-7-20(8-6-14)17(21)12-25-18(22)11-16-10-13-3-4-15(16)9-13/h13-16H,2-12H2,1H3/t13-,15+,16+/m1/s1. The van der Waals surface area contributed by atoms with Crippen molar-refractivity contribution in [2.24, 2.45) is 23.7 Å². The van der Waals surface area contributed by atoms with Crippen molar-refractivity contribution in [2.75, 3.05) is 26.3 Å². The molecule has 1 saturated heterocycles. The van der Waals surface area contributed by atoms with E-state index in [-0.39, 0.29) is 30.4 Å². The molecule has 0 N–H and O–H groups in total. The summed E-state index contributed by atoms with van der Waals surface area (Å²) in [5.74, 6) is 1.26. The molecule has 0 unspecified atom stereocenters. The summed E-state index contributed by atoms with van der Waals surface area (Å²) in [7, 11) is 0. The van der Waals surface area contributed by atoms with Gasteiger partial charge in [-0.05, 0) is 56.8 Å². The number of ether oxygens (including phenoxy) is 2. The molecular weight excluding hydrogens is 322 g/mol. The minimum absolute atomic E-state index is 0.121. The van der Waals surface area contributed by atoms with Gasteiger partial charge in [-0.1, -0.05) is 6.42 Å². The van der Waals surface area contributed by atoms with E-state index in [0.717, 1.165) is 12.3 Å². The quantitative estimate of drug-likeness (QED) is 0.686. The van der Waals surface area contributed by atoms with Crippen molar-refractivity contribution in [2.45, 2.75) is 51.9 Å². The smallest absolute Gasteiger partial charge is 0.309 e. The van der Waals surface area contributed by atoms with Gasteiger partial charge in [0.2, 0.25) is 0 Å². The highest BCUT2D eigenvalue weighted by atomic mass is 16.5. The van der Waals surface area contributed by atoms with Crippen LogP contribution in [0.4, 0.5) is 0 Å². The van der Waals surface area contributed by atoms with E-state index in [1.54, 1.807) is 11.8 Å². The van der Waals surface area contributed by atoms with Crippen molar-refractivity contribution in [1.29, 1.82) is 0 Å². The van der Waals surface area contributed by atoms with Crippen molar-refractivity contribution in [1.82, 2.24) is 4.90 Å². The predicted octanol–water partition coefficient (Wildman–Crippen LogP) is 2.16. The molecule has 1 aliphatic heterocycles. The normalized spacial score (nSPS) is 28.8. The number of fused-ring (bicyclic) bond motifs is 2. The fourth-order valence-electron chi connectivity index (χ4n) is 4.76. The van der Waals surface area contributed by atoms with Gasteiger partial charge in [0.1, 0.15) is 0 Å². The summed E-state index contributed by atoms with van der Waals surface area (Å²) in [5, 5.41) is 0. The summed E-state index contributed by atoms with van der Waals surface area (Å²) < 4.78 is 10.2. The maximum atomic E-state index is 12.2. The highest BCUT2D eigenvalue weighted by Crippen LogP contribution is 2.49. The minimum atomic E-state index is -0.243. The first-order valence-corrected chi connectivity index (χ1v) is 9.66. The Morgan fingerprint density at radius 3 is 2.36 bits per heavy atom. The molecule has 2 aliphatic carbocycles. The fourth-order valence-corrected chi connectivity index (χ4v) is 4.76. The van der Waals surface area contributed by atoms with Crippen LogP contribution in [0.2, 0.25) is 0 Å². The van der Waals surface area contributed by atoms with Gasteiger partial charge in [-0.2, -0.15) is 0 Å².